The number of amides is 1. The minimum atomic E-state index is -4.47. The first-order valence-corrected chi connectivity index (χ1v) is 5.98. The smallest absolute Gasteiger partial charge is 0.419 e. The van der Waals surface area contributed by atoms with Gasteiger partial charge in [0.15, 0.2) is 0 Å². The molecule has 0 spiro atoms. The van der Waals surface area contributed by atoms with E-state index in [0.717, 1.165) is 6.07 Å². The van der Waals surface area contributed by atoms with Gasteiger partial charge in [-0.2, -0.15) is 13.2 Å². The van der Waals surface area contributed by atoms with Gasteiger partial charge >= 0.3 is 6.18 Å². The lowest BCUT2D eigenvalue weighted by Gasteiger charge is -2.18. The predicted octanol–water partition coefficient (Wildman–Crippen LogP) is 1.94. The van der Waals surface area contributed by atoms with Crippen molar-refractivity contribution in [2.75, 3.05) is 13.2 Å². The van der Waals surface area contributed by atoms with Crippen molar-refractivity contribution >= 4 is 5.91 Å². The Labute approximate surface area is 115 Å². The molecule has 0 atom stereocenters. The summed E-state index contributed by atoms with van der Waals surface area (Å²) in [5.74, 6) is -0.661. The topological polar surface area (TPSA) is 64.4 Å². The quantitative estimate of drug-likeness (QED) is 0.815. The fourth-order valence-corrected chi connectivity index (χ4v) is 1.38. The van der Waals surface area contributed by atoms with Gasteiger partial charge < -0.3 is 15.8 Å². The van der Waals surface area contributed by atoms with Crippen LogP contribution in [0.4, 0.5) is 13.2 Å². The molecule has 0 unspecified atom stereocenters. The number of nitrogens with one attached hydrogen (secondary N) is 1. The van der Waals surface area contributed by atoms with Crippen LogP contribution in [0, 0.1) is 0 Å². The lowest BCUT2D eigenvalue weighted by molar-refractivity contribution is -0.139. The average molecular weight is 290 g/mol. The van der Waals surface area contributed by atoms with E-state index in [0.29, 0.717) is 0 Å². The summed E-state index contributed by atoms with van der Waals surface area (Å²) in [5, 5.41) is 2.48. The maximum Gasteiger partial charge on any atom is 0.419 e. The van der Waals surface area contributed by atoms with Crippen molar-refractivity contribution in [3.05, 3.63) is 29.8 Å². The van der Waals surface area contributed by atoms with E-state index >= 15 is 0 Å². The Morgan fingerprint density at radius 1 is 1.30 bits per heavy atom. The average Bonchev–Trinajstić information content (AvgIpc) is 2.32. The Kier molecular flexibility index (Phi) is 4.99. The molecule has 0 fully saturated rings. The van der Waals surface area contributed by atoms with E-state index in [1.807, 2.05) is 0 Å². The molecule has 0 heterocycles. The van der Waals surface area contributed by atoms with Crippen LogP contribution in [0.25, 0.3) is 0 Å². The molecule has 4 nitrogen and oxygen atoms in total. The van der Waals surface area contributed by atoms with Crippen LogP contribution in [0.1, 0.15) is 19.4 Å². The van der Waals surface area contributed by atoms with E-state index in [9.17, 15) is 18.0 Å². The van der Waals surface area contributed by atoms with Crippen molar-refractivity contribution in [3.8, 4) is 5.75 Å². The Balaban J connectivity index is 2.54. The van der Waals surface area contributed by atoms with Crippen molar-refractivity contribution < 1.29 is 22.7 Å². The first kappa shape index (κ1) is 16.3. The van der Waals surface area contributed by atoms with E-state index < -0.39 is 23.2 Å². The maximum absolute atomic E-state index is 12.7. The van der Waals surface area contributed by atoms with Crippen molar-refractivity contribution in [1.82, 2.24) is 5.32 Å². The molecule has 0 aromatic heterocycles. The van der Waals surface area contributed by atoms with Gasteiger partial charge in [-0.05, 0) is 26.0 Å². The van der Waals surface area contributed by atoms with Gasteiger partial charge in [0.25, 0.3) is 0 Å². The highest BCUT2D eigenvalue weighted by Gasteiger charge is 2.33. The largest absolute Gasteiger partial charge is 0.491 e. The second-order valence-corrected chi connectivity index (χ2v) is 4.82. The van der Waals surface area contributed by atoms with E-state index in [2.05, 4.69) is 5.32 Å². The molecule has 7 heteroatoms. The molecule has 0 aliphatic rings. The molecule has 0 radical (unpaired) electrons. The standard InChI is InChI=1S/C13H17F3N2O2/c1-12(2,17)11(19)18-7-8-20-10-6-4-3-5-9(10)13(14,15)16/h3-6H,7-8,17H2,1-2H3,(H,18,19). The van der Waals surface area contributed by atoms with Gasteiger partial charge in [0.1, 0.15) is 12.4 Å². The highest BCUT2D eigenvalue weighted by Crippen LogP contribution is 2.35. The third kappa shape index (κ3) is 4.73. The molecule has 0 aliphatic carbocycles. The number of para-hydroxylation sites is 1. The summed E-state index contributed by atoms with van der Waals surface area (Å²) in [5.41, 5.74) is 3.67. The number of alkyl halides is 3. The van der Waals surface area contributed by atoms with E-state index in [4.69, 9.17) is 10.5 Å². The zero-order valence-electron chi connectivity index (χ0n) is 11.3. The second-order valence-electron chi connectivity index (χ2n) is 4.82. The first-order chi connectivity index (χ1) is 9.12. The minimum Gasteiger partial charge on any atom is -0.491 e. The normalized spacial score (nSPS) is 12.1. The third-order valence-corrected chi connectivity index (χ3v) is 2.42. The summed E-state index contributed by atoms with van der Waals surface area (Å²) in [7, 11) is 0. The van der Waals surface area contributed by atoms with Crippen LogP contribution in [0.2, 0.25) is 0 Å². The van der Waals surface area contributed by atoms with Crippen LogP contribution in [-0.2, 0) is 11.0 Å². The summed E-state index contributed by atoms with van der Waals surface area (Å²) < 4.78 is 43.1. The molecule has 1 aromatic rings. The van der Waals surface area contributed by atoms with Crippen LogP contribution < -0.4 is 15.8 Å². The molecule has 3 N–H and O–H groups in total. The van der Waals surface area contributed by atoms with Gasteiger partial charge in [0, 0.05) is 0 Å². The van der Waals surface area contributed by atoms with E-state index in [1.54, 1.807) is 0 Å². The number of halogens is 3. The second kappa shape index (κ2) is 6.13. The summed E-state index contributed by atoms with van der Waals surface area (Å²) in [6, 6.07) is 4.91. The van der Waals surface area contributed by atoms with Crippen molar-refractivity contribution in [3.63, 3.8) is 0 Å². The van der Waals surface area contributed by atoms with Crippen LogP contribution in [0.3, 0.4) is 0 Å². The fourth-order valence-electron chi connectivity index (χ4n) is 1.38. The number of rotatable bonds is 5. The fraction of sp³-hybridized carbons (Fsp3) is 0.462. The Morgan fingerprint density at radius 3 is 2.45 bits per heavy atom. The summed E-state index contributed by atoms with van der Waals surface area (Å²) >= 11 is 0. The van der Waals surface area contributed by atoms with Gasteiger partial charge in [0.05, 0.1) is 17.6 Å². The van der Waals surface area contributed by atoms with Gasteiger partial charge in [-0.25, -0.2) is 0 Å². The number of hydrogen-bond acceptors (Lipinski definition) is 3. The number of nitrogens with two attached hydrogens (primary N) is 1. The third-order valence-electron chi connectivity index (χ3n) is 2.42. The zero-order valence-corrected chi connectivity index (χ0v) is 11.3. The summed E-state index contributed by atoms with van der Waals surface area (Å²) in [6.07, 6.45) is -4.47. The number of ether oxygens (including phenoxy) is 1. The highest BCUT2D eigenvalue weighted by atomic mass is 19.4. The zero-order chi connectivity index (χ0) is 15.4. The lowest BCUT2D eigenvalue weighted by Crippen LogP contribution is -2.49. The Morgan fingerprint density at radius 2 is 1.90 bits per heavy atom. The van der Waals surface area contributed by atoms with Gasteiger partial charge in [0.2, 0.25) is 5.91 Å². The Bertz CT molecular complexity index is 467. The van der Waals surface area contributed by atoms with Gasteiger partial charge in [-0.15, -0.1) is 0 Å². The van der Waals surface area contributed by atoms with Gasteiger partial charge in [-0.3, -0.25) is 4.79 Å². The van der Waals surface area contributed by atoms with E-state index in [1.165, 1.54) is 32.0 Å². The molecule has 20 heavy (non-hydrogen) atoms. The summed E-state index contributed by atoms with van der Waals surface area (Å²) in [6.45, 7) is 3.06. The lowest BCUT2D eigenvalue weighted by atomic mass is 10.1. The minimum absolute atomic E-state index is 0.0745. The van der Waals surface area contributed by atoms with Crippen LogP contribution >= 0.6 is 0 Å². The molecule has 1 amide bonds. The number of hydrogen-bond donors (Lipinski definition) is 2. The molecule has 1 rings (SSSR count). The molecular weight excluding hydrogens is 273 g/mol. The molecule has 0 bridgehead atoms. The predicted molar refractivity (Wildman–Crippen MR) is 68.2 cm³/mol. The molecular formula is C13H17F3N2O2. The number of benzene rings is 1. The molecule has 0 saturated carbocycles. The highest BCUT2D eigenvalue weighted by molar-refractivity contribution is 5.84. The first-order valence-electron chi connectivity index (χ1n) is 5.98. The maximum atomic E-state index is 12.7. The molecule has 112 valence electrons. The van der Waals surface area contributed by atoms with Crippen LogP contribution in [0.15, 0.2) is 24.3 Å². The monoisotopic (exact) mass is 290 g/mol. The SMILES string of the molecule is CC(C)(N)C(=O)NCCOc1ccccc1C(F)(F)F. The molecule has 0 saturated heterocycles. The number of carbonyl (C=O) groups is 1. The van der Waals surface area contributed by atoms with Crippen molar-refractivity contribution in [2.24, 2.45) is 5.73 Å². The van der Waals surface area contributed by atoms with E-state index in [-0.39, 0.29) is 18.9 Å². The van der Waals surface area contributed by atoms with Gasteiger partial charge in [-0.1, -0.05) is 12.1 Å². The Hall–Kier alpha value is -1.76. The van der Waals surface area contributed by atoms with Crippen molar-refractivity contribution in [2.45, 2.75) is 25.6 Å². The summed E-state index contributed by atoms with van der Waals surface area (Å²) in [4.78, 5) is 11.4. The molecule has 1 aromatic carbocycles. The molecule has 0 aliphatic heterocycles. The van der Waals surface area contributed by atoms with Crippen LogP contribution in [0.5, 0.6) is 5.75 Å². The van der Waals surface area contributed by atoms with Crippen molar-refractivity contribution in [1.29, 1.82) is 0 Å². The van der Waals surface area contributed by atoms with Crippen LogP contribution in [-0.4, -0.2) is 24.6 Å². The number of carbonyl (C=O) groups excluding carboxylic acids is 1.